The zero-order valence-corrected chi connectivity index (χ0v) is 16.1. The molecule has 0 aliphatic heterocycles. The van der Waals surface area contributed by atoms with Gasteiger partial charge in [-0.3, -0.25) is 25.5 Å². The largest absolute Gasteiger partial charge is 0.489 e. The zero-order chi connectivity index (χ0) is 20.1. The predicted octanol–water partition coefficient (Wildman–Crippen LogP) is 3.33. The van der Waals surface area contributed by atoms with E-state index in [0.29, 0.717) is 17.2 Å². The van der Waals surface area contributed by atoms with E-state index in [9.17, 15) is 9.59 Å². The second kappa shape index (κ2) is 8.58. The van der Waals surface area contributed by atoms with Crippen molar-refractivity contribution in [1.29, 1.82) is 0 Å². The third-order valence-electron chi connectivity index (χ3n) is 3.98. The van der Waals surface area contributed by atoms with Crippen LogP contribution in [0.1, 0.15) is 37.7 Å². The third kappa shape index (κ3) is 4.89. The van der Waals surface area contributed by atoms with Crippen LogP contribution >= 0.6 is 11.6 Å². The molecule has 0 fully saturated rings. The van der Waals surface area contributed by atoms with Crippen molar-refractivity contribution in [3.63, 3.8) is 0 Å². The number of hydrogen-bond donors (Lipinski definition) is 3. The highest BCUT2D eigenvalue weighted by molar-refractivity contribution is 6.31. The minimum absolute atomic E-state index is 0.197. The van der Waals surface area contributed by atoms with E-state index in [-0.39, 0.29) is 5.69 Å². The van der Waals surface area contributed by atoms with Gasteiger partial charge in [-0.05, 0) is 61.4 Å². The lowest BCUT2D eigenvalue weighted by Gasteiger charge is -2.09. The Morgan fingerprint density at radius 2 is 1.75 bits per heavy atom. The summed E-state index contributed by atoms with van der Waals surface area (Å²) in [5.41, 5.74) is 7.89. The molecule has 3 aromatic rings. The van der Waals surface area contributed by atoms with E-state index >= 15 is 0 Å². The molecule has 0 bridgehead atoms. The van der Waals surface area contributed by atoms with Gasteiger partial charge in [-0.15, -0.1) is 0 Å². The fourth-order valence-corrected chi connectivity index (χ4v) is 2.53. The van der Waals surface area contributed by atoms with Gasteiger partial charge in [-0.1, -0.05) is 23.7 Å². The summed E-state index contributed by atoms with van der Waals surface area (Å²) < 4.78 is 5.73. The molecule has 3 N–H and O–H groups in total. The maximum absolute atomic E-state index is 12.1. The van der Waals surface area contributed by atoms with Crippen molar-refractivity contribution in [2.45, 2.75) is 20.5 Å². The van der Waals surface area contributed by atoms with E-state index in [1.807, 2.05) is 13.0 Å². The number of H-pyrrole nitrogens is 1. The Morgan fingerprint density at radius 3 is 2.39 bits per heavy atom. The molecule has 1 aromatic heterocycles. The van der Waals surface area contributed by atoms with Crippen LogP contribution in [-0.4, -0.2) is 22.0 Å². The van der Waals surface area contributed by atoms with E-state index in [2.05, 4.69) is 21.0 Å². The molecule has 0 aliphatic rings. The van der Waals surface area contributed by atoms with Gasteiger partial charge in [0.25, 0.3) is 11.8 Å². The van der Waals surface area contributed by atoms with Crippen LogP contribution in [0.15, 0.2) is 48.5 Å². The number of benzene rings is 2. The Kier molecular flexibility index (Phi) is 5.96. The zero-order valence-electron chi connectivity index (χ0n) is 15.4. The van der Waals surface area contributed by atoms with E-state index in [1.54, 1.807) is 49.4 Å². The number of ether oxygens (including phenoxy) is 1. The number of amides is 2. The molecule has 2 amide bonds. The smallest absolute Gasteiger partial charge is 0.290 e. The van der Waals surface area contributed by atoms with Crippen LogP contribution in [0.5, 0.6) is 5.75 Å². The van der Waals surface area contributed by atoms with Crippen molar-refractivity contribution in [2.24, 2.45) is 0 Å². The molecule has 0 radical (unpaired) electrons. The Hall–Kier alpha value is -3.32. The number of aromatic amines is 1. The van der Waals surface area contributed by atoms with Gasteiger partial charge in [0.05, 0.1) is 0 Å². The molecule has 144 valence electrons. The summed E-state index contributed by atoms with van der Waals surface area (Å²) >= 11 is 6.00. The fraction of sp³-hybridized carbons (Fsp3) is 0.150. The van der Waals surface area contributed by atoms with Gasteiger partial charge >= 0.3 is 0 Å². The monoisotopic (exact) mass is 398 g/mol. The standard InChI is InChI=1S/C20H19ClN4O3/c1-12-9-16(7-8-17(12)21)28-11-14-3-5-15(6-4-14)19(26)24-25-20(27)18-10-13(2)22-23-18/h3-10H,11H2,1-2H3,(H,22,23)(H,24,26)(H,25,27). The van der Waals surface area contributed by atoms with Crippen molar-refractivity contribution >= 4 is 23.4 Å². The fourth-order valence-electron chi connectivity index (χ4n) is 2.41. The highest BCUT2D eigenvalue weighted by atomic mass is 35.5. The lowest BCUT2D eigenvalue weighted by Crippen LogP contribution is -2.41. The van der Waals surface area contributed by atoms with Gasteiger partial charge in [0.1, 0.15) is 12.4 Å². The quantitative estimate of drug-likeness (QED) is 0.574. The van der Waals surface area contributed by atoms with Crippen LogP contribution in [0.2, 0.25) is 5.02 Å². The summed E-state index contributed by atoms with van der Waals surface area (Å²) in [5, 5.41) is 7.18. The first-order chi connectivity index (χ1) is 13.4. The van der Waals surface area contributed by atoms with Gasteiger partial charge < -0.3 is 4.74 Å². The second-order valence-electron chi connectivity index (χ2n) is 6.24. The molecule has 0 unspecified atom stereocenters. The molecule has 0 saturated heterocycles. The van der Waals surface area contributed by atoms with Crippen LogP contribution in [0, 0.1) is 13.8 Å². The lowest BCUT2D eigenvalue weighted by atomic mass is 10.1. The van der Waals surface area contributed by atoms with Crippen molar-refractivity contribution in [2.75, 3.05) is 0 Å². The van der Waals surface area contributed by atoms with E-state index in [4.69, 9.17) is 16.3 Å². The number of aromatic nitrogens is 2. The number of nitrogens with one attached hydrogen (secondary N) is 3. The predicted molar refractivity (Wildman–Crippen MR) is 105 cm³/mol. The molecule has 0 saturated carbocycles. The first kappa shape index (κ1) is 19.4. The van der Waals surface area contributed by atoms with Gasteiger partial charge in [-0.25, -0.2) is 0 Å². The van der Waals surface area contributed by atoms with Crippen molar-refractivity contribution in [3.05, 3.63) is 81.6 Å². The summed E-state index contributed by atoms with van der Waals surface area (Å²) in [7, 11) is 0. The molecule has 7 nitrogen and oxygen atoms in total. The average Bonchev–Trinajstić information content (AvgIpc) is 3.13. The summed E-state index contributed by atoms with van der Waals surface area (Å²) in [6, 6.07) is 13.9. The number of aryl methyl sites for hydroxylation is 2. The summed E-state index contributed by atoms with van der Waals surface area (Å²) in [4.78, 5) is 24.0. The van der Waals surface area contributed by atoms with Gasteiger partial charge in [-0.2, -0.15) is 5.10 Å². The van der Waals surface area contributed by atoms with Crippen molar-refractivity contribution in [1.82, 2.24) is 21.0 Å². The molecule has 0 spiro atoms. The van der Waals surface area contributed by atoms with Crippen molar-refractivity contribution < 1.29 is 14.3 Å². The Labute approximate surface area is 167 Å². The van der Waals surface area contributed by atoms with Crippen LogP contribution in [0.4, 0.5) is 0 Å². The maximum atomic E-state index is 12.1. The summed E-state index contributed by atoms with van der Waals surface area (Å²) in [6.07, 6.45) is 0. The SMILES string of the molecule is Cc1cc(C(=O)NNC(=O)c2ccc(COc3ccc(Cl)c(C)c3)cc2)n[nH]1. The number of hydrazine groups is 1. The molecule has 0 aliphatic carbocycles. The highest BCUT2D eigenvalue weighted by Crippen LogP contribution is 2.21. The van der Waals surface area contributed by atoms with Gasteiger partial charge in [0.2, 0.25) is 0 Å². The van der Waals surface area contributed by atoms with Gasteiger partial charge in [0, 0.05) is 16.3 Å². The average molecular weight is 399 g/mol. The Bertz CT molecular complexity index is 999. The Balaban J connectivity index is 1.52. The summed E-state index contributed by atoms with van der Waals surface area (Å²) in [6.45, 7) is 4.05. The third-order valence-corrected chi connectivity index (χ3v) is 4.40. The number of hydrogen-bond acceptors (Lipinski definition) is 4. The van der Waals surface area contributed by atoms with Crippen LogP contribution in [-0.2, 0) is 6.61 Å². The molecule has 2 aromatic carbocycles. The lowest BCUT2D eigenvalue weighted by molar-refractivity contribution is 0.0844. The van der Waals surface area contributed by atoms with E-state index in [0.717, 1.165) is 22.6 Å². The molecule has 28 heavy (non-hydrogen) atoms. The van der Waals surface area contributed by atoms with Crippen LogP contribution < -0.4 is 15.6 Å². The minimum Gasteiger partial charge on any atom is -0.489 e. The molecule has 3 rings (SSSR count). The minimum atomic E-state index is -0.499. The van der Waals surface area contributed by atoms with E-state index in [1.165, 1.54) is 0 Å². The maximum Gasteiger partial charge on any atom is 0.290 e. The van der Waals surface area contributed by atoms with Gasteiger partial charge in [0.15, 0.2) is 5.69 Å². The molecule has 1 heterocycles. The second-order valence-corrected chi connectivity index (χ2v) is 6.65. The number of nitrogens with zero attached hydrogens (tertiary/aromatic N) is 1. The normalized spacial score (nSPS) is 10.4. The molecule has 8 heteroatoms. The summed E-state index contributed by atoms with van der Waals surface area (Å²) in [5.74, 6) is -0.206. The number of halogens is 1. The topological polar surface area (TPSA) is 96.1 Å². The molecule has 0 atom stereocenters. The first-order valence-corrected chi connectivity index (χ1v) is 8.91. The first-order valence-electron chi connectivity index (χ1n) is 8.53. The number of carbonyl (C=O) groups excluding carboxylic acids is 2. The number of rotatable bonds is 5. The Morgan fingerprint density at radius 1 is 1.04 bits per heavy atom. The molecular weight excluding hydrogens is 380 g/mol. The number of carbonyl (C=O) groups is 2. The van der Waals surface area contributed by atoms with Crippen LogP contribution in [0.25, 0.3) is 0 Å². The van der Waals surface area contributed by atoms with Crippen molar-refractivity contribution in [3.8, 4) is 5.75 Å². The van der Waals surface area contributed by atoms with Crippen LogP contribution in [0.3, 0.4) is 0 Å². The van der Waals surface area contributed by atoms with E-state index < -0.39 is 11.8 Å². The highest BCUT2D eigenvalue weighted by Gasteiger charge is 2.11. The molecular formula is C20H19ClN4O3.